The molecule has 0 saturated carbocycles. The largest absolute Gasteiger partial charge is 0.463 e. The fourth-order valence-electron chi connectivity index (χ4n) is 2.52. The molecule has 0 saturated heterocycles. The molecule has 0 bridgehead atoms. The summed E-state index contributed by atoms with van der Waals surface area (Å²) in [5.74, 6) is 1.67. The second-order valence-corrected chi connectivity index (χ2v) is 6.16. The van der Waals surface area contributed by atoms with Crippen molar-refractivity contribution in [3.63, 3.8) is 0 Å². The van der Waals surface area contributed by atoms with Gasteiger partial charge in [0.2, 0.25) is 11.7 Å². The summed E-state index contributed by atoms with van der Waals surface area (Å²) in [7, 11) is 1.84. The lowest BCUT2D eigenvalue weighted by Crippen LogP contribution is -2.06. The summed E-state index contributed by atoms with van der Waals surface area (Å²) < 4.78 is 12.7. The van der Waals surface area contributed by atoms with Crippen molar-refractivity contribution in [2.75, 3.05) is 6.61 Å². The van der Waals surface area contributed by atoms with Crippen molar-refractivity contribution in [3.8, 4) is 28.8 Å². The minimum atomic E-state index is 0.333. The maximum absolute atomic E-state index is 5.99. The number of benzene rings is 1. The number of rotatable bonds is 6. The molecule has 27 heavy (non-hydrogen) atoms. The van der Waals surface area contributed by atoms with Gasteiger partial charge in [0.05, 0.1) is 6.42 Å². The van der Waals surface area contributed by atoms with E-state index in [1.165, 1.54) is 0 Å². The van der Waals surface area contributed by atoms with E-state index in [0.717, 1.165) is 11.1 Å². The molecule has 0 radical (unpaired) electrons. The number of ether oxygens (including phenoxy) is 1. The molecule has 4 rings (SSSR count). The average Bonchev–Trinajstić information content (AvgIpc) is 3.30. The summed E-state index contributed by atoms with van der Waals surface area (Å²) in [6.07, 6.45) is 3.86. The van der Waals surface area contributed by atoms with Crippen LogP contribution in [0.2, 0.25) is 5.02 Å². The van der Waals surface area contributed by atoms with Crippen LogP contribution >= 0.6 is 11.6 Å². The van der Waals surface area contributed by atoms with Gasteiger partial charge in [0.1, 0.15) is 6.61 Å². The Bertz CT molecular complexity index is 1050. The van der Waals surface area contributed by atoms with Crippen LogP contribution in [-0.4, -0.2) is 36.5 Å². The highest BCUT2D eigenvalue weighted by Gasteiger charge is 2.13. The third kappa shape index (κ3) is 3.80. The normalized spacial score (nSPS) is 10.9. The maximum atomic E-state index is 5.99. The van der Waals surface area contributed by atoms with Crippen LogP contribution in [0.5, 0.6) is 6.01 Å². The van der Waals surface area contributed by atoms with Gasteiger partial charge in [-0.25, -0.2) is 0 Å². The monoisotopic (exact) mass is 382 g/mol. The fraction of sp³-hybridized carbons (Fsp3) is 0.167. The van der Waals surface area contributed by atoms with Gasteiger partial charge in [-0.1, -0.05) is 34.0 Å². The Hall–Kier alpha value is -3.26. The highest BCUT2D eigenvalue weighted by molar-refractivity contribution is 6.30. The number of halogens is 1. The summed E-state index contributed by atoms with van der Waals surface area (Å²) in [6, 6.07) is 11.4. The Balaban J connectivity index is 1.39. The summed E-state index contributed by atoms with van der Waals surface area (Å²) in [6.45, 7) is 0.333. The summed E-state index contributed by atoms with van der Waals surface area (Å²) in [4.78, 5) is 8.36. The standard InChI is InChI=1S/C18H15ClN6O2/c1-25-17(12-5-8-20-9-6-12)22-23-18(25)26-10-7-15-21-16(24-27-15)13-3-2-4-14(19)11-13/h2-6,8-9,11H,7,10H2,1H3. The zero-order valence-electron chi connectivity index (χ0n) is 14.4. The van der Waals surface area contributed by atoms with E-state index in [9.17, 15) is 0 Å². The van der Waals surface area contributed by atoms with E-state index in [-0.39, 0.29) is 0 Å². The molecule has 1 aromatic carbocycles. The van der Waals surface area contributed by atoms with E-state index in [1.54, 1.807) is 29.1 Å². The average molecular weight is 383 g/mol. The molecule has 0 aliphatic carbocycles. The summed E-state index contributed by atoms with van der Waals surface area (Å²) in [5, 5.41) is 12.8. The topological polar surface area (TPSA) is 91.8 Å². The first-order chi connectivity index (χ1) is 13.2. The Kier molecular flexibility index (Phi) is 4.80. The summed E-state index contributed by atoms with van der Waals surface area (Å²) >= 11 is 5.99. The van der Waals surface area contributed by atoms with Crippen LogP contribution in [0.25, 0.3) is 22.8 Å². The molecule has 4 aromatic rings. The minimum Gasteiger partial charge on any atom is -0.463 e. The van der Waals surface area contributed by atoms with Crippen molar-refractivity contribution in [3.05, 3.63) is 59.7 Å². The predicted molar refractivity (Wildman–Crippen MR) is 98.2 cm³/mol. The number of hydrogen-bond acceptors (Lipinski definition) is 7. The molecule has 3 heterocycles. The van der Waals surface area contributed by atoms with Crippen molar-refractivity contribution in [2.45, 2.75) is 6.42 Å². The highest BCUT2D eigenvalue weighted by atomic mass is 35.5. The second kappa shape index (κ2) is 7.55. The van der Waals surface area contributed by atoms with Gasteiger partial charge in [0.15, 0.2) is 5.82 Å². The molecule has 0 amide bonds. The lowest BCUT2D eigenvalue weighted by Gasteiger charge is -2.04. The second-order valence-electron chi connectivity index (χ2n) is 5.72. The Morgan fingerprint density at radius 1 is 1.11 bits per heavy atom. The predicted octanol–water partition coefficient (Wildman–Crippen LogP) is 3.20. The lowest BCUT2D eigenvalue weighted by atomic mass is 10.2. The first-order valence-corrected chi connectivity index (χ1v) is 8.59. The maximum Gasteiger partial charge on any atom is 0.316 e. The van der Waals surface area contributed by atoms with Crippen LogP contribution in [-0.2, 0) is 13.5 Å². The minimum absolute atomic E-state index is 0.333. The van der Waals surface area contributed by atoms with Crippen molar-refractivity contribution >= 4 is 11.6 Å². The van der Waals surface area contributed by atoms with E-state index in [0.29, 0.717) is 41.6 Å². The van der Waals surface area contributed by atoms with Crippen LogP contribution in [0, 0.1) is 0 Å². The molecule has 0 N–H and O–H groups in total. The van der Waals surface area contributed by atoms with E-state index in [4.69, 9.17) is 20.9 Å². The van der Waals surface area contributed by atoms with Gasteiger partial charge >= 0.3 is 6.01 Å². The van der Waals surface area contributed by atoms with Crippen LogP contribution in [0.15, 0.2) is 53.3 Å². The van der Waals surface area contributed by atoms with Crippen LogP contribution < -0.4 is 4.74 Å². The number of hydrogen-bond donors (Lipinski definition) is 0. The van der Waals surface area contributed by atoms with Gasteiger partial charge in [0.25, 0.3) is 0 Å². The van der Waals surface area contributed by atoms with E-state index < -0.39 is 0 Å². The Labute approximate surface area is 159 Å². The Morgan fingerprint density at radius 3 is 2.78 bits per heavy atom. The summed E-state index contributed by atoms with van der Waals surface area (Å²) in [5.41, 5.74) is 1.71. The van der Waals surface area contributed by atoms with Gasteiger partial charge < -0.3 is 9.26 Å². The smallest absolute Gasteiger partial charge is 0.316 e. The zero-order chi connectivity index (χ0) is 18.6. The molecule has 0 fully saturated rings. The van der Waals surface area contributed by atoms with Crippen LogP contribution in [0.1, 0.15) is 5.89 Å². The molecular weight excluding hydrogens is 368 g/mol. The molecule has 8 nitrogen and oxygen atoms in total. The van der Waals surface area contributed by atoms with E-state index in [2.05, 4.69) is 25.3 Å². The number of aromatic nitrogens is 6. The van der Waals surface area contributed by atoms with Gasteiger partial charge in [-0.15, -0.1) is 5.10 Å². The molecule has 0 spiro atoms. The molecule has 3 aromatic heterocycles. The third-order valence-corrected chi connectivity index (χ3v) is 4.11. The molecular formula is C18H15ClN6O2. The number of pyridine rings is 1. The molecule has 0 aliphatic heterocycles. The van der Waals surface area contributed by atoms with Gasteiger partial charge in [-0.05, 0) is 24.3 Å². The van der Waals surface area contributed by atoms with Crippen molar-refractivity contribution in [1.82, 2.24) is 29.9 Å². The SMILES string of the molecule is Cn1c(OCCc2nc(-c3cccc(Cl)c3)no2)nnc1-c1ccncc1. The fourth-order valence-corrected chi connectivity index (χ4v) is 2.71. The quantitative estimate of drug-likeness (QED) is 0.505. The van der Waals surface area contributed by atoms with Gasteiger partial charge in [-0.2, -0.15) is 4.98 Å². The van der Waals surface area contributed by atoms with Crippen molar-refractivity contribution in [2.24, 2.45) is 7.05 Å². The van der Waals surface area contributed by atoms with Crippen molar-refractivity contribution in [1.29, 1.82) is 0 Å². The van der Waals surface area contributed by atoms with Crippen LogP contribution in [0.4, 0.5) is 0 Å². The number of nitrogens with zero attached hydrogens (tertiary/aromatic N) is 6. The highest BCUT2D eigenvalue weighted by Crippen LogP contribution is 2.21. The molecule has 136 valence electrons. The first kappa shape index (κ1) is 17.2. The van der Waals surface area contributed by atoms with Crippen LogP contribution in [0.3, 0.4) is 0 Å². The lowest BCUT2D eigenvalue weighted by molar-refractivity contribution is 0.266. The van der Waals surface area contributed by atoms with Gasteiger partial charge in [0, 0.05) is 35.6 Å². The zero-order valence-corrected chi connectivity index (χ0v) is 15.2. The Morgan fingerprint density at radius 2 is 1.96 bits per heavy atom. The van der Waals surface area contributed by atoms with E-state index in [1.807, 2.05) is 31.3 Å². The van der Waals surface area contributed by atoms with Gasteiger partial charge in [-0.3, -0.25) is 9.55 Å². The molecule has 0 aliphatic rings. The first-order valence-electron chi connectivity index (χ1n) is 8.22. The molecule has 9 heteroatoms. The van der Waals surface area contributed by atoms with E-state index >= 15 is 0 Å². The molecule has 0 atom stereocenters. The van der Waals surface area contributed by atoms with Crippen molar-refractivity contribution < 1.29 is 9.26 Å². The third-order valence-electron chi connectivity index (χ3n) is 3.87. The molecule has 0 unspecified atom stereocenters.